The maximum atomic E-state index is 14.7. The predicted molar refractivity (Wildman–Crippen MR) is 132 cm³/mol. The van der Waals surface area contributed by atoms with E-state index in [1.54, 1.807) is 23.1 Å². The largest absolute Gasteiger partial charge is 0.494 e. The summed E-state index contributed by atoms with van der Waals surface area (Å²) in [6.07, 6.45) is 1.50. The zero-order chi connectivity index (χ0) is 24.6. The van der Waals surface area contributed by atoms with Crippen LogP contribution in [0.3, 0.4) is 0 Å². The summed E-state index contributed by atoms with van der Waals surface area (Å²) in [5.41, 5.74) is 4.36. The number of anilines is 3. The molecule has 1 heterocycles. The quantitative estimate of drug-likeness (QED) is 0.308. The Balaban J connectivity index is 1.80. The summed E-state index contributed by atoms with van der Waals surface area (Å²) in [5, 5.41) is 9.71. The van der Waals surface area contributed by atoms with Crippen molar-refractivity contribution in [2.24, 2.45) is 0 Å². The summed E-state index contributed by atoms with van der Waals surface area (Å²) in [6, 6.07) is 26.1. The predicted octanol–water partition coefficient (Wildman–Crippen LogP) is 5.99. The molecule has 2 amide bonds. The molecule has 0 spiro atoms. The first-order valence-electron chi connectivity index (χ1n) is 11.0. The van der Waals surface area contributed by atoms with Gasteiger partial charge in [-0.3, -0.25) is 10.7 Å². The number of amides is 2. The molecule has 178 valence electrons. The normalized spacial score (nSPS) is 10.5. The second-order valence-corrected chi connectivity index (χ2v) is 7.75. The second-order valence-electron chi connectivity index (χ2n) is 7.75. The Hall–Kier alpha value is -4.43. The van der Waals surface area contributed by atoms with Gasteiger partial charge in [-0.1, -0.05) is 60.7 Å². The lowest BCUT2D eigenvalue weighted by atomic mass is 10.1. The molecule has 0 unspecified atom stereocenters. The molecule has 0 bridgehead atoms. The molecule has 8 heteroatoms. The third-order valence-corrected chi connectivity index (χ3v) is 5.41. The number of rotatable bonds is 8. The summed E-state index contributed by atoms with van der Waals surface area (Å²) in [4.78, 5) is 21.4. The van der Waals surface area contributed by atoms with Crippen molar-refractivity contribution < 1.29 is 19.1 Å². The van der Waals surface area contributed by atoms with Crippen molar-refractivity contribution in [3.8, 4) is 5.75 Å². The second kappa shape index (κ2) is 11.1. The Kier molecular flexibility index (Phi) is 7.54. The van der Waals surface area contributed by atoms with E-state index in [1.165, 1.54) is 30.3 Å². The first kappa shape index (κ1) is 23.7. The number of aromatic nitrogens is 1. The molecule has 1 aromatic heterocycles. The zero-order valence-electron chi connectivity index (χ0n) is 19.1. The van der Waals surface area contributed by atoms with E-state index >= 15 is 0 Å². The van der Waals surface area contributed by atoms with Crippen molar-refractivity contribution >= 4 is 23.2 Å². The van der Waals surface area contributed by atoms with Crippen molar-refractivity contribution in [2.75, 3.05) is 17.5 Å². The van der Waals surface area contributed by atoms with E-state index in [2.05, 4.69) is 10.5 Å². The summed E-state index contributed by atoms with van der Waals surface area (Å²) in [6.45, 7) is 0.608. The first-order chi connectivity index (χ1) is 17.1. The minimum atomic E-state index is -0.630. The van der Waals surface area contributed by atoms with Gasteiger partial charge in [-0.05, 0) is 35.4 Å². The van der Waals surface area contributed by atoms with Crippen LogP contribution in [0.5, 0.6) is 5.75 Å². The van der Waals surface area contributed by atoms with Crippen LogP contribution < -0.4 is 15.1 Å². The molecular weight excluding hydrogens is 447 g/mol. The van der Waals surface area contributed by atoms with Crippen LogP contribution in [0.4, 0.5) is 26.4 Å². The van der Waals surface area contributed by atoms with Crippen LogP contribution in [0.2, 0.25) is 0 Å². The number of pyridine rings is 1. The van der Waals surface area contributed by atoms with Gasteiger partial charge in [0.15, 0.2) is 17.4 Å². The summed E-state index contributed by atoms with van der Waals surface area (Å²) >= 11 is 0. The van der Waals surface area contributed by atoms with Gasteiger partial charge in [0.05, 0.1) is 12.8 Å². The van der Waals surface area contributed by atoms with Gasteiger partial charge in [0.2, 0.25) is 0 Å². The number of hydrogen-bond donors (Lipinski definition) is 2. The van der Waals surface area contributed by atoms with Gasteiger partial charge in [-0.15, -0.1) is 0 Å². The van der Waals surface area contributed by atoms with Gasteiger partial charge in [0.1, 0.15) is 5.69 Å². The molecule has 0 aliphatic rings. The van der Waals surface area contributed by atoms with Crippen molar-refractivity contribution in [3.63, 3.8) is 0 Å². The third-order valence-electron chi connectivity index (χ3n) is 5.41. The van der Waals surface area contributed by atoms with Gasteiger partial charge >= 0.3 is 6.03 Å². The molecule has 0 aliphatic heterocycles. The lowest BCUT2D eigenvalue weighted by molar-refractivity contribution is 0.201. The Morgan fingerprint density at radius 1 is 0.943 bits per heavy atom. The van der Waals surface area contributed by atoms with E-state index in [0.717, 1.165) is 11.1 Å². The van der Waals surface area contributed by atoms with E-state index in [-0.39, 0.29) is 22.9 Å². The van der Waals surface area contributed by atoms with Crippen LogP contribution in [-0.2, 0) is 13.1 Å². The number of carbonyl (C=O) groups excluding carboxylic acids is 1. The maximum absolute atomic E-state index is 14.7. The maximum Gasteiger partial charge on any atom is 0.330 e. The van der Waals surface area contributed by atoms with Crippen LogP contribution >= 0.6 is 0 Å². The highest BCUT2D eigenvalue weighted by Gasteiger charge is 2.28. The van der Waals surface area contributed by atoms with Crippen LogP contribution in [-0.4, -0.2) is 28.2 Å². The molecule has 3 aromatic carbocycles. The molecule has 0 saturated carbocycles. The van der Waals surface area contributed by atoms with Gasteiger partial charge in [0.25, 0.3) is 0 Å². The Morgan fingerprint density at radius 2 is 1.57 bits per heavy atom. The molecule has 4 rings (SSSR count). The molecular formula is C27H25FN4O3. The first-order valence-corrected chi connectivity index (χ1v) is 11.0. The molecule has 0 radical (unpaired) electrons. The lowest BCUT2D eigenvalue weighted by Crippen LogP contribution is -2.40. The number of carbonyl (C=O) groups is 1. The van der Waals surface area contributed by atoms with Gasteiger partial charge < -0.3 is 9.64 Å². The number of halogens is 1. The average Bonchev–Trinajstić information content (AvgIpc) is 2.90. The van der Waals surface area contributed by atoms with Crippen LogP contribution in [0.15, 0.2) is 97.2 Å². The summed E-state index contributed by atoms with van der Waals surface area (Å²) in [5.74, 6) is -0.460. The Labute approximate surface area is 203 Å². The smallest absolute Gasteiger partial charge is 0.330 e. The Bertz CT molecular complexity index is 1230. The minimum absolute atomic E-state index is 0.0492. The van der Waals surface area contributed by atoms with Crippen molar-refractivity contribution in [2.45, 2.75) is 13.1 Å². The van der Waals surface area contributed by atoms with Crippen molar-refractivity contribution in [3.05, 3.63) is 114 Å². The topological polar surface area (TPSA) is 77.9 Å². The number of benzene rings is 3. The Morgan fingerprint density at radius 3 is 2.11 bits per heavy atom. The molecule has 2 N–H and O–H groups in total. The lowest BCUT2D eigenvalue weighted by Gasteiger charge is -2.31. The average molecular weight is 473 g/mol. The van der Waals surface area contributed by atoms with E-state index in [9.17, 15) is 14.4 Å². The molecule has 0 atom stereocenters. The number of hydrogen-bond acceptors (Lipinski definition) is 5. The van der Waals surface area contributed by atoms with Crippen LogP contribution in [0.25, 0.3) is 0 Å². The minimum Gasteiger partial charge on any atom is -0.494 e. The summed E-state index contributed by atoms with van der Waals surface area (Å²) in [7, 11) is 1.37. The van der Waals surface area contributed by atoms with Crippen LogP contribution in [0.1, 0.15) is 11.1 Å². The fourth-order valence-electron chi connectivity index (χ4n) is 3.72. The number of nitrogens with one attached hydrogen (secondary N) is 1. The van der Waals surface area contributed by atoms with Gasteiger partial charge in [-0.2, -0.15) is 0 Å². The van der Waals surface area contributed by atoms with Crippen LogP contribution in [0, 0.1) is 5.82 Å². The summed E-state index contributed by atoms with van der Waals surface area (Å²) < 4.78 is 19.7. The zero-order valence-corrected chi connectivity index (χ0v) is 19.1. The highest BCUT2D eigenvalue weighted by molar-refractivity contribution is 6.01. The van der Waals surface area contributed by atoms with E-state index in [4.69, 9.17) is 4.74 Å². The standard InChI is InChI=1S/C27H25FN4O3/c1-35-25-15-14-22(17-23(25)28)32(26-24(30-34)13-8-16-29-26)27(33)31(18-20-9-4-2-5-10-20)19-21-11-6-3-7-12-21/h2-17,30,34H,18-19H2,1H3. The molecule has 0 aliphatic carbocycles. The number of nitrogens with zero attached hydrogens (tertiary/aromatic N) is 3. The van der Waals surface area contributed by atoms with Gasteiger partial charge in [-0.25, -0.2) is 19.1 Å². The molecule has 4 aromatic rings. The SMILES string of the molecule is COc1ccc(N(C(=O)N(Cc2ccccc2)Cc2ccccc2)c2ncccc2NO)cc1F. The fourth-order valence-corrected chi connectivity index (χ4v) is 3.72. The van der Waals surface area contributed by atoms with E-state index in [0.29, 0.717) is 13.1 Å². The number of ether oxygens (including phenoxy) is 1. The third kappa shape index (κ3) is 5.56. The highest BCUT2D eigenvalue weighted by Crippen LogP contribution is 2.34. The van der Waals surface area contributed by atoms with Crippen molar-refractivity contribution in [1.82, 2.24) is 9.88 Å². The molecule has 35 heavy (non-hydrogen) atoms. The highest BCUT2D eigenvalue weighted by atomic mass is 19.1. The monoisotopic (exact) mass is 472 g/mol. The number of methoxy groups -OCH3 is 1. The fraction of sp³-hybridized carbons (Fsp3) is 0.111. The van der Waals surface area contributed by atoms with Crippen molar-refractivity contribution in [1.29, 1.82) is 0 Å². The molecule has 7 nitrogen and oxygen atoms in total. The number of urea groups is 1. The molecule has 0 saturated heterocycles. The van der Waals surface area contributed by atoms with E-state index < -0.39 is 11.8 Å². The van der Waals surface area contributed by atoms with Gasteiger partial charge in [0, 0.05) is 25.4 Å². The van der Waals surface area contributed by atoms with E-state index in [1.807, 2.05) is 60.7 Å². The molecule has 0 fully saturated rings.